The van der Waals surface area contributed by atoms with Crippen LogP contribution >= 0.6 is 0 Å². The lowest BCUT2D eigenvalue weighted by Gasteiger charge is -2.19. The predicted molar refractivity (Wildman–Crippen MR) is 110 cm³/mol. The summed E-state index contributed by atoms with van der Waals surface area (Å²) in [5.74, 6) is -0.874. The summed E-state index contributed by atoms with van der Waals surface area (Å²) in [5.41, 5.74) is 5.08. The summed E-state index contributed by atoms with van der Waals surface area (Å²) in [6, 6.07) is 4.27. The Labute approximate surface area is 174 Å². The molecular formula is C22H30F3N3O2. The maximum absolute atomic E-state index is 13.6. The summed E-state index contributed by atoms with van der Waals surface area (Å²) in [7, 11) is 0. The number of nitrogens with zero attached hydrogens (tertiary/aromatic N) is 1. The van der Waals surface area contributed by atoms with E-state index in [9.17, 15) is 18.0 Å². The number of carboxylic acids is 1. The van der Waals surface area contributed by atoms with E-state index in [2.05, 4.69) is 16.9 Å². The number of unbranched alkanes of at least 4 members (excludes halogenated alkanes) is 5. The molecule has 0 saturated heterocycles. The van der Waals surface area contributed by atoms with Crippen molar-refractivity contribution in [2.24, 2.45) is 5.73 Å². The van der Waals surface area contributed by atoms with E-state index in [1.54, 1.807) is 6.07 Å². The van der Waals surface area contributed by atoms with Crippen molar-refractivity contribution in [3.8, 4) is 11.3 Å². The molecule has 2 aromatic rings. The van der Waals surface area contributed by atoms with Crippen LogP contribution in [0.5, 0.6) is 0 Å². The molecule has 0 aliphatic carbocycles. The van der Waals surface area contributed by atoms with Gasteiger partial charge in [0.25, 0.3) is 0 Å². The third kappa shape index (κ3) is 6.58. The first kappa shape index (κ1) is 23.9. The second-order valence-corrected chi connectivity index (χ2v) is 8.02. The summed E-state index contributed by atoms with van der Waals surface area (Å²) >= 11 is 0. The number of aliphatic carboxylic acids is 1. The van der Waals surface area contributed by atoms with Crippen molar-refractivity contribution in [1.82, 2.24) is 9.97 Å². The third-order valence-electron chi connectivity index (χ3n) is 5.16. The number of H-pyrrole nitrogens is 1. The van der Waals surface area contributed by atoms with E-state index >= 15 is 0 Å². The fourth-order valence-electron chi connectivity index (χ4n) is 3.48. The molecule has 30 heavy (non-hydrogen) atoms. The summed E-state index contributed by atoms with van der Waals surface area (Å²) < 4.78 is 40.9. The monoisotopic (exact) mass is 425 g/mol. The maximum atomic E-state index is 13.6. The van der Waals surface area contributed by atoms with Crippen LogP contribution in [-0.2, 0) is 22.9 Å². The number of aryl methyl sites for hydroxylation is 1. The highest BCUT2D eigenvalue weighted by Gasteiger charge is 2.34. The second-order valence-electron chi connectivity index (χ2n) is 8.02. The minimum atomic E-state index is -4.46. The van der Waals surface area contributed by atoms with Gasteiger partial charge < -0.3 is 15.8 Å². The molecule has 1 aromatic heterocycles. The van der Waals surface area contributed by atoms with Crippen molar-refractivity contribution < 1.29 is 23.1 Å². The number of hydrogen-bond acceptors (Lipinski definition) is 3. The first-order chi connectivity index (χ1) is 14.0. The number of carbonyl (C=O) groups is 1. The van der Waals surface area contributed by atoms with Gasteiger partial charge in [-0.3, -0.25) is 4.79 Å². The summed E-state index contributed by atoms with van der Waals surface area (Å²) in [6.07, 6.45) is 3.04. The number of halogens is 3. The molecule has 0 saturated carbocycles. The van der Waals surface area contributed by atoms with Crippen molar-refractivity contribution in [3.05, 3.63) is 41.3 Å². The number of aromatic amines is 1. The topological polar surface area (TPSA) is 92.0 Å². The van der Waals surface area contributed by atoms with Crippen molar-refractivity contribution in [2.75, 3.05) is 0 Å². The molecule has 0 amide bonds. The second kappa shape index (κ2) is 10.1. The average Bonchev–Trinajstić information content (AvgIpc) is 3.14. The Morgan fingerprint density at radius 1 is 1.17 bits per heavy atom. The SMILES string of the molecule is CCCCCCCCc1ccc(-c2cnc([C@@](C)(N)CC(=O)O)[nH]2)cc1C(F)(F)F. The number of aromatic nitrogens is 2. The highest BCUT2D eigenvalue weighted by atomic mass is 19.4. The standard InChI is InChI=1S/C22H30F3N3O2/c1-3-4-5-6-7-8-9-15-10-11-16(12-17(15)22(23,24)25)18-14-27-20(28-18)21(2,26)13-19(29)30/h10-12,14H,3-9,13,26H2,1-2H3,(H,27,28)(H,29,30)/t21-/m0/s1. The molecular weight excluding hydrogens is 395 g/mol. The zero-order valence-electron chi connectivity index (χ0n) is 17.5. The van der Waals surface area contributed by atoms with E-state index < -0.39 is 23.2 Å². The summed E-state index contributed by atoms with van der Waals surface area (Å²) in [5, 5.41) is 8.98. The zero-order valence-corrected chi connectivity index (χ0v) is 17.5. The van der Waals surface area contributed by atoms with Gasteiger partial charge in [0.1, 0.15) is 5.82 Å². The fourth-order valence-corrected chi connectivity index (χ4v) is 3.48. The van der Waals surface area contributed by atoms with Crippen LogP contribution in [0.25, 0.3) is 11.3 Å². The average molecular weight is 425 g/mol. The van der Waals surface area contributed by atoms with Crippen LogP contribution in [0.15, 0.2) is 24.4 Å². The molecule has 1 atom stereocenters. The fraction of sp³-hybridized carbons (Fsp3) is 0.545. The van der Waals surface area contributed by atoms with E-state index in [-0.39, 0.29) is 17.8 Å². The van der Waals surface area contributed by atoms with Gasteiger partial charge in [0.15, 0.2) is 0 Å². The van der Waals surface area contributed by atoms with Gasteiger partial charge in [-0.25, -0.2) is 4.98 Å². The van der Waals surface area contributed by atoms with Crippen LogP contribution in [0.3, 0.4) is 0 Å². The van der Waals surface area contributed by atoms with Crippen LogP contribution in [-0.4, -0.2) is 21.0 Å². The lowest BCUT2D eigenvalue weighted by Crippen LogP contribution is -2.36. The highest BCUT2D eigenvalue weighted by molar-refractivity contribution is 5.68. The Kier molecular flexibility index (Phi) is 8.06. The van der Waals surface area contributed by atoms with Gasteiger partial charge in [0, 0.05) is 5.56 Å². The maximum Gasteiger partial charge on any atom is 0.416 e. The van der Waals surface area contributed by atoms with Crippen LogP contribution in [0.1, 0.15) is 75.7 Å². The van der Waals surface area contributed by atoms with Gasteiger partial charge in [0.05, 0.1) is 29.4 Å². The third-order valence-corrected chi connectivity index (χ3v) is 5.16. The Morgan fingerprint density at radius 3 is 2.47 bits per heavy atom. The Morgan fingerprint density at radius 2 is 1.83 bits per heavy atom. The van der Waals surface area contributed by atoms with Gasteiger partial charge >= 0.3 is 12.1 Å². The van der Waals surface area contributed by atoms with Crippen molar-refractivity contribution >= 4 is 5.97 Å². The van der Waals surface area contributed by atoms with Crippen molar-refractivity contribution in [1.29, 1.82) is 0 Å². The van der Waals surface area contributed by atoms with E-state index in [0.29, 0.717) is 17.7 Å². The first-order valence-electron chi connectivity index (χ1n) is 10.3. The Bertz CT molecular complexity index is 844. The van der Waals surface area contributed by atoms with Crippen molar-refractivity contribution in [3.63, 3.8) is 0 Å². The lowest BCUT2D eigenvalue weighted by molar-refractivity contribution is -0.139. The number of rotatable bonds is 11. The highest BCUT2D eigenvalue weighted by Crippen LogP contribution is 2.36. The number of benzene rings is 1. The smallest absolute Gasteiger partial charge is 0.416 e. The van der Waals surface area contributed by atoms with E-state index in [0.717, 1.165) is 44.6 Å². The molecule has 0 radical (unpaired) electrons. The quantitative estimate of drug-likeness (QED) is 0.406. The normalized spacial score (nSPS) is 13.9. The van der Waals surface area contributed by atoms with Crippen LogP contribution < -0.4 is 5.73 Å². The van der Waals surface area contributed by atoms with Crippen LogP contribution in [0.4, 0.5) is 13.2 Å². The van der Waals surface area contributed by atoms with E-state index in [1.807, 2.05) is 0 Å². The Balaban J connectivity index is 2.20. The van der Waals surface area contributed by atoms with E-state index in [1.165, 1.54) is 19.2 Å². The number of carboxylic acid groups (broad SMARTS) is 1. The molecule has 166 valence electrons. The molecule has 0 aliphatic rings. The van der Waals surface area contributed by atoms with Crippen LogP contribution in [0, 0.1) is 0 Å². The largest absolute Gasteiger partial charge is 0.481 e. The number of nitrogens with two attached hydrogens (primary N) is 1. The van der Waals surface area contributed by atoms with Gasteiger partial charge in [-0.1, -0.05) is 51.2 Å². The summed E-state index contributed by atoms with van der Waals surface area (Å²) in [4.78, 5) is 17.9. The minimum Gasteiger partial charge on any atom is -0.481 e. The molecule has 1 aromatic carbocycles. The molecule has 1 heterocycles. The van der Waals surface area contributed by atoms with Crippen molar-refractivity contribution in [2.45, 2.75) is 76.9 Å². The number of imidazole rings is 1. The van der Waals surface area contributed by atoms with Crippen LogP contribution in [0.2, 0.25) is 0 Å². The molecule has 5 nitrogen and oxygen atoms in total. The molecule has 0 fully saturated rings. The number of hydrogen-bond donors (Lipinski definition) is 3. The number of alkyl halides is 3. The number of nitrogens with one attached hydrogen (secondary N) is 1. The Hall–Kier alpha value is -2.35. The van der Waals surface area contributed by atoms with E-state index in [4.69, 9.17) is 10.8 Å². The lowest BCUT2D eigenvalue weighted by atomic mass is 9.97. The van der Waals surface area contributed by atoms with Gasteiger partial charge in [-0.15, -0.1) is 0 Å². The predicted octanol–water partition coefficient (Wildman–Crippen LogP) is 5.65. The molecule has 8 heteroatoms. The zero-order chi connectivity index (χ0) is 22.4. The minimum absolute atomic E-state index is 0.213. The molecule has 0 aliphatic heterocycles. The molecule has 0 bridgehead atoms. The van der Waals surface area contributed by atoms with Gasteiger partial charge in [-0.2, -0.15) is 13.2 Å². The molecule has 0 unspecified atom stereocenters. The summed E-state index contributed by atoms with van der Waals surface area (Å²) in [6.45, 7) is 3.63. The first-order valence-corrected chi connectivity index (χ1v) is 10.3. The molecule has 2 rings (SSSR count). The molecule has 4 N–H and O–H groups in total. The van der Waals surface area contributed by atoms with Gasteiger partial charge in [0.2, 0.25) is 0 Å². The van der Waals surface area contributed by atoms with Gasteiger partial charge in [-0.05, 0) is 31.4 Å². The molecule has 0 spiro atoms.